The fourth-order valence-corrected chi connectivity index (χ4v) is 4.37. The molecule has 0 bridgehead atoms. The molecule has 2 aromatic rings. The van der Waals surface area contributed by atoms with Crippen molar-refractivity contribution in [3.8, 4) is 0 Å². The fourth-order valence-electron chi connectivity index (χ4n) is 1.39. The predicted molar refractivity (Wildman–Crippen MR) is 74.6 cm³/mol. The van der Waals surface area contributed by atoms with Gasteiger partial charge in [0.1, 0.15) is 4.21 Å². The Bertz CT molecular complexity index is 771. The Morgan fingerprint density at radius 2 is 2.15 bits per heavy atom. The highest BCUT2D eigenvalue weighted by molar-refractivity contribution is 7.91. The van der Waals surface area contributed by atoms with E-state index in [0.717, 1.165) is 22.7 Å². The molecule has 2 aromatic heterocycles. The van der Waals surface area contributed by atoms with E-state index in [9.17, 15) is 18.0 Å². The zero-order valence-electron chi connectivity index (χ0n) is 9.95. The quantitative estimate of drug-likeness (QED) is 0.715. The number of hydrogen-bond acceptors (Lipinski definition) is 6. The van der Waals surface area contributed by atoms with Crippen molar-refractivity contribution >= 4 is 38.7 Å². The molecule has 0 aliphatic rings. The second-order valence-corrected chi connectivity index (χ2v) is 7.79. The number of hydrogen-bond donors (Lipinski definition) is 3. The van der Waals surface area contributed by atoms with Crippen molar-refractivity contribution in [1.29, 1.82) is 0 Å². The number of aliphatic carboxylic acids is 1. The van der Waals surface area contributed by atoms with Crippen molar-refractivity contribution in [2.75, 3.05) is 0 Å². The first-order valence-corrected chi connectivity index (χ1v) is 8.51. The summed E-state index contributed by atoms with van der Waals surface area (Å²) < 4.78 is 26.3. The summed E-state index contributed by atoms with van der Waals surface area (Å²) in [5.41, 5.74) is 0.478. The van der Waals surface area contributed by atoms with E-state index < -0.39 is 16.0 Å². The molecule has 0 aromatic carbocycles. The van der Waals surface area contributed by atoms with Crippen LogP contribution >= 0.6 is 22.7 Å². The average molecular weight is 334 g/mol. The van der Waals surface area contributed by atoms with E-state index in [1.54, 1.807) is 0 Å². The van der Waals surface area contributed by atoms with Crippen molar-refractivity contribution in [2.24, 2.45) is 0 Å². The molecule has 2 rings (SSSR count). The summed E-state index contributed by atoms with van der Waals surface area (Å²) in [6.45, 7) is -0.0206. The maximum absolute atomic E-state index is 12.0. The molecule has 10 heteroatoms. The number of thiazole rings is 1. The number of aromatic nitrogens is 1. The van der Waals surface area contributed by atoms with Gasteiger partial charge >= 0.3 is 10.8 Å². The fraction of sp³-hybridized carbons (Fsp3) is 0.200. The third-order valence-electron chi connectivity index (χ3n) is 2.25. The molecule has 0 unspecified atom stereocenters. The lowest BCUT2D eigenvalue weighted by Crippen LogP contribution is -2.22. The SMILES string of the molecule is O=C(O)Cc1ccc(S(=O)(=O)NCc2csc(=O)[nH]2)s1. The van der Waals surface area contributed by atoms with Crippen LogP contribution in [0.3, 0.4) is 0 Å². The van der Waals surface area contributed by atoms with Crippen LogP contribution in [0.5, 0.6) is 0 Å². The van der Waals surface area contributed by atoms with Crippen molar-refractivity contribution in [1.82, 2.24) is 9.71 Å². The minimum absolute atomic E-state index is 0.0206. The van der Waals surface area contributed by atoms with E-state index >= 15 is 0 Å². The van der Waals surface area contributed by atoms with Gasteiger partial charge < -0.3 is 10.1 Å². The van der Waals surface area contributed by atoms with Crippen LogP contribution in [0.2, 0.25) is 0 Å². The largest absolute Gasteiger partial charge is 0.481 e. The van der Waals surface area contributed by atoms with Crippen molar-refractivity contribution in [2.45, 2.75) is 17.2 Å². The lowest BCUT2D eigenvalue weighted by Gasteiger charge is -2.02. The number of H-pyrrole nitrogens is 1. The van der Waals surface area contributed by atoms with Gasteiger partial charge in [-0.1, -0.05) is 11.3 Å². The highest BCUT2D eigenvalue weighted by atomic mass is 32.2. The van der Waals surface area contributed by atoms with Gasteiger partial charge in [0.25, 0.3) is 0 Å². The summed E-state index contributed by atoms with van der Waals surface area (Å²) in [6, 6.07) is 2.83. The minimum atomic E-state index is -3.71. The van der Waals surface area contributed by atoms with Gasteiger partial charge in [0, 0.05) is 16.0 Å². The van der Waals surface area contributed by atoms with Gasteiger partial charge in [-0.05, 0) is 12.1 Å². The number of rotatable bonds is 6. The maximum atomic E-state index is 12.0. The van der Waals surface area contributed by atoms with E-state index in [2.05, 4.69) is 9.71 Å². The van der Waals surface area contributed by atoms with E-state index in [0.29, 0.717) is 10.6 Å². The summed E-state index contributed by atoms with van der Waals surface area (Å²) in [7, 11) is -3.71. The molecule has 20 heavy (non-hydrogen) atoms. The van der Waals surface area contributed by atoms with Gasteiger partial charge in [0.15, 0.2) is 0 Å². The number of thiophene rings is 1. The highest BCUT2D eigenvalue weighted by Gasteiger charge is 2.17. The number of carboxylic acid groups (broad SMARTS) is 1. The smallest absolute Gasteiger partial charge is 0.308 e. The van der Waals surface area contributed by atoms with E-state index in [1.807, 2.05) is 0 Å². The normalized spacial score (nSPS) is 11.6. The number of carbonyl (C=O) groups is 1. The zero-order valence-corrected chi connectivity index (χ0v) is 12.4. The molecule has 0 fully saturated rings. The van der Waals surface area contributed by atoms with Gasteiger partial charge in [0.05, 0.1) is 13.0 Å². The highest BCUT2D eigenvalue weighted by Crippen LogP contribution is 2.22. The molecule has 7 nitrogen and oxygen atoms in total. The van der Waals surface area contributed by atoms with E-state index in [1.165, 1.54) is 17.5 Å². The Kier molecular flexibility index (Phi) is 4.38. The van der Waals surface area contributed by atoms with Crippen LogP contribution in [0.1, 0.15) is 10.6 Å². The Labute approximate surface area is 122 Å². The monoisotopic (exact) mass is 334 g/mol. The summed E-state index contributed by atoms with van der Waals surface area (Å²) >= 11 is 1.86. The molecule has 0 atom stereocenters. The van der Waals surface area contributed by atoms with Crippen molar-refractivity contribution in [3.63, 3.8) is 0 Å². The Balaban J connectivity index is 2.08. The van der Waals surface area contributed by atoms with Crippen LogP contribution in [0.4, 0.5) is 0 Å². The lowest BCUT2D eigenvalue weighted by molar-refractivity contribution is -0.136. The van der Waals surface area contributed by atoms with Crippen molar-refractivity contribution < 1.29 is 18.3 Å². The number of sulfonamides is 1. The molecule has 2 heterocycles. The second-order valence-electron chi connectivity index (χ2n) is 3.79. The van der Waals surface area contributed by atoms with Gasteiger partial charge in [-0.3, -0.25) is 9.59 Å². The first-order chi connectivity index (χ1) is 9.37. The second kappa shape index (κ2) is 5.87. The molecule has 0 amide bonds. The first kappa shape index (κ1) is 14.9. The predicted octanol–water partition coefficient (Wildman–Crippen LogP) is 0.604. The molecule has 108 valence electrons. The van der Waals surface area contributed by atoms with Crippen LogP contribution in [-0.2, 0) is 27.8 Å². The Hall–Kier alpha value is -1.49. The van der Waals surface area contributed by atoms with E-state index in [-0.39, 0.29) is 22.0 Å². The molecule has 0 radical (unpaired) electrons. The number of carboxylic acids is 1. The van der Waals surface area contributed by atoms with Gasteiger partial charge in [-0.2, -0.15) is 0 Å². The summed E-state index contributed by atoms with van der Waals surface area (Å²) in [4.78, 5) is 24.2. The average Bonchev–Trinajstić information content (AvgIpc) is 2.95. The van der Waals surface area contributed by atoms with Crippen molar-refractivity contribution in [3.05, 3.63) is 37.8 Å². The maximum Gasteiger partial charge on any atom is 0.308 e. The van der Waals surface area contributed by atoms with Crippen LogP contribution in [0, 0.1) is 0 Å². The molecule has 0 saturated carbocycles. The lowest BCUT2D eigenvalue weighted by atomic mass is 10.3. The van der Waals surface area contributed by atoms with Crippen LogP contribution in [0.15, 0.2) is 26.5 Å². The summed E-state index contributed by atoms with van der Waals surface area (Å²) in [5, 5.41) is 10.2. The molecule has 0 saturated heterocycles. The van der Waals surface area contributed by atoms with Crippen LogP contribution in [-0.4, -0.2) is 24.5 Å². The Morgan fingerprint density at radius 1 is 1.40 bits per heavy atom. The molecule has 0 spiro atoms. The summed E-state index contributed by atoms with van der Waals surface area (Å²) in [5.74, 6) is -1.01. The number of nitrogens with one attached hydrogen (secondary N) is 2. The molecular formula is C10H10N2O5S3. The van der Waals surface area contributed by atoms with Crippen LogP contribution in [0.25, 0.3) is 0 Å². The first-order valence-electron chi connectivity index (χ1n) is 5.34. The molecular weight excluding hydrogens is 324 g/mol. The van der Waals surface area contributed by atoms with E-state index in [4.69, 9.17) is 5.11 Å². The van der Waals surface area contributed by atoms with Crippen LogP contribution < -0.4 is 9.60 Å². The number of aromatic amines is 1. The molecule has 0 aliphatic heterocycles. The molecule has 3 N–H and O–H groups in total. The standard InChI is InChI=1S/C10H10N2O5S3/c13-8(14)3-7-1-2-9(19-7)20(16,17)11-4-6-5-18-10(15)12-6/h1-2,5,11H,3-4H2,(H,12,15)(H,13,14). The van der Waals surface area contributed by atoms with Gasteiger partial charge in [-0.15, -0.1) is 11.3 Å². The van der Waals surface area contributed by atoms with Gasteiger partial charge in [0.2, 0.25) is 10.0 Å². The third kappa shape index (κ3) is 3.76. The minimum Gasteiger partial charge on any atom is -0.481 e. The third-order valence-corrected chi connectivity index (χ3v) is 5.95. The molecule has 0 aliphatic carbocycles. The van der Waals surface area contributed by atoms with Gasteiger partial charge in [-0.25, -0.2) is 13.1 Å². The zero-order chi connectivity index (χ0) is 14.8. The Morgan fingerprint density at radius 3 is 2.75 bits per heavy atom. The summed E-state index contributed by atoms with van der Waals surface area (Å²) in [6.07, 6.45) is -0.210. The topological polar surface area (TPSA) is 116 Å².